The number of nitrogens with one attached hydrogen (secondary N) is 1. The predicted octanol–water partition coefficient (Wildman–Crippen LogP) is 2.16. The summed E-state index contributed by atoms with van der Waals surface area (Å²) in [4.78, 5) is 24.8. The molecule has 2 rings (SSSR count). The lowest BCUT2D eigenvalue weighted by molar-refractivity contribution is -0.145. The van der Waals surface area contributed by atoms with Crippen molar-refractivity contribution in [3.63, 3.8) is 0 Å². The lowest BCUT2D eigenvalue weighted by atomic mass is 9.97. The fourth-order valence-corrected chi connectivity index (χ4v) is 2.75. The standard InChI is InChI=1S/C17H18ClN3O3/c18-15-4-2-1-3-13(15)10-20-11-14(9-19)16(22)21-7-5-12(6-8-21)17(23)24/h1-4,11-12,20H,5-8,10H2,(H,23,24)/b14-11-. The van der Waals surface area contributed by atoms with E-state index in [0.717, 1.165) is 5.56 Å². The summed E-state index contributed by atoms with van der Waals surface area (Å²) in [6.07, 6.45) is 2.20. The van der Waals surface area contributed by atoms with Gasteiger partial charge in [0, 0.05) is 30.9 Å². The third-order valence-electron chi connectivity index (χ3n) is 3.98. The average molecular weight is 348 g/mol. The number of hydrogen-bond donors (Lipinski definition) is 2. The third-order valence-corrected chi connectivity index (χ3v) is 4.35. The lowest BCUT2D eigenvalue weighted by Crippen LogP contribution is -2.41. The van der Waals surface area contributed by atoms with Crippen LogP contribution >= 0.6 is 11.6 Å². The fraction of sp³-hybridized carbons (Fsp3) is 0.353. The highest BCUT2D eigenvalue weighted by atomic mass is 35.5. The maximum Gasteiger partial charge on any atom is 0.306 e. The van der Waals surface area contributed by atoms with Gasteiger partial charge in [-0.3, -0.25) is 9.59 Å². The van der Waals surface area contributed by atoms with Crippen LogP contribution in [0.1, 0.15) is 18.4 Å². The van der Waals surface area contributed by atoms with E-state index in [-0.39, 0.29) is 11.5 Å². The van der Waals surface area contributed by atoms with Crippen molar-refractivity contribution in [1.82, 2.24) is 10.2 Å². The minimum absolute atomic E-state index is 0.00386. The van der Waals surface area contributed by atoms with Gasteiger partial charge < -0.3 is 15.3 Å². The van der Waals surface area contributed by atoms with Crippen molar-refractivity contribution >= 4 is 23.5 Å². The highest BCUT2D eigenvalue weighted by Gasteiger charge is 2.28. The molecule has 0 radical (unpaired) electrons. The number of carboxylic acid groups (broad SMARTS) is 1. The molecule has 1 saturated heterocycles. The Morgan fingerprint density at radius 2 is 2.04 bits per heavy atom. The molecule has 24 heavy (non-hydrogen) atoms. The molecule has 1 aliphatic heterocycles. The number of amides is 1. The van der Waals surface area contributed by atoms with Crippen LogP contribution in [0.5, 0.6) is 0 Å². The van der Waals surface area contributed by atoms with E-state index in [1.54, 1.807) is 6.07 Å². The quantitative estimate of drug-likeness (QED) is 0.629. The number of rotatable bonds is 5. The minimum Gasteiger partial charge on any atom is -0.481 e. The topological polar surface area (TPSA) is 93.4 Å². The zero-order chi connectivity index (χ0) is 17.5. The maximum atomic E-state index is 12.3. The smallest absolute Gasteiger partial charge is 0.306 e. The molecule has 0 aliphatic carbocycles. The van der Waals surface area contributed by atoms with E-state index >= 15 is 0 Å². The van der Waals surface area contributed by atoms with E-state index in [2.05, 4.69) is 5.32 Å². The summed E-state index contributed by atoms with van der Waals surface area (Å²) < 4.78 is 0. The normalized spacial score (nSPS) is 15.7. The molecule has 1 aromatic rings. The van der Waals surface area contributed by atoms with Gasteiger partial charge >= 0.3 is 5.97 Å². The average Bonchev–Trinajstić information content (AvgIpc) is 2.60. The Bertz CT molecular complexity index is 689. The van der Waals surface area contributed by atoms with Gasteiger partial charge in [0.1, 0.15) is 11.6 Å². The number of hydrogen-bond acceptors (Lipinski definition) is 4. The van der Waals surface area contributed by atoms with Crippen molar-refractivity contribution in [3.8, 4) is 6.07 Å². The number of piperidine rings is 1. The molecule has 1 amide bonds. The van der Waals surface area contributed by atoms with Gasteiger partial charge in [0.25, 0.3) is 5.91 Å². The molecule has 1 fully saturated rings. The van der Waals surface area contributed by atoms with Gasteiger partial charge in [0.2, 0.25) is 0 Å². The first-order valence-electron chi connectivity index (χ1n) is 7.62. The molecule has 0 unspecified atom stereocenters. The number of likely N-dealkylation sites (tertiary alicyclic amines) is 1. The summed E-state index contributed by atoms with van der Waals surface area (Å²) in [7, 11) is 0. The van der Waals surface area contributed by atoms with Crippen LogP contribution in [0.15, 0.2) is 36.0 Å². The fourth-order valence-electron chi connectivity index (χ4n) is 2.55. The molecule has 0 spiro atoms. The van der Waals surface area contributed by atoms with Crippen molar-refractivity contribution in [2.75, 3.05) is 13.1 Å². The first-order valence-corrected chi connectivity index (χ1v) is 8.00. The van der Waals surface area contributed by atoms with E-state index < -0.39 is 11.9 Å². The highest BCUT2D eigenvalue weighted by Crippen LogP contribution is 2.19. The highest BCUT2D eigenvalue weighted by molar-refractivity contribution is 6.31. The molecule has 1 aliphatic rings. The summed E-state index contributed by atoms with van der Waals surface area (Å²) in [6, 6.07) is 9.20. The molecular formula is C17H18ClN3O3. The summed E-state index contributed by atoms with van der Waals surface area (Å²) in [5.74, 6) is -1.63. The van der Waals surface area contributed by atoms with Crippen LogP contribution in [0.3, 0.4) is 0 Å². The van der Waals surface area contributed by atoms with Crippen LogP contribution < -0.4 is 5.32 Å². The zero-order valence-corrected chi connectivity index (χ0v) is 13.8. The maximum absolute atomic E-state index is 12.3. The van der Waals surface area contributed by atoms with E-state index in [4.69, 9.17) is 16.7 Å². The number of carbonyl (C=O) groups is 2. The molecular weight excluding hydrogens is 330 g/mol. The van der Waals surface area contributed by atoms with E-state index in [0.29, 0.717) is 37.5 Å². The largest absolute Gasteiger partial charge is 0.481 e. The van der Waals surface area contributed by atoms with Crippen molar-refractivity contribution in [2.24, 2.45) is 5.92 Å². The Kier molecular flexibility index (Phi) is 6.21. The van der Waals surface area contributed by atoms with Gasteiger partial charge in [-0.25, -0.2) is 0 Å². The van der Waals surface area contributed by atoms with Crippen molar-refractivity contribution in [2.45, 2.75) is 19.4 Å². The number of nitrogens with zero attached hydrogens (tertiary/aromatic N) is 2. The van der Waals surface area contributed by atoms with Crippen molar-refractivity contribution < 1.29 is 14.7 Å². The Labute approximate surface area is 145 Å². The van der Waals surface area contributed by atoms with Gasteiger partial charge in [-0.15, -0.1) is 0 Å². The van der Waals surface area contributed by atoms with Gasteiger partial charge in [-0.1, -0.05) is 29.8 Å². The van der Waals surface area contributed by atoms with E-state index in [9.17, 15) is 14.9 Å². The monoisotopic (exact) mass is 347 g/mol. The zero-order valence-electron chi connectivity index (χ0n) is 13.0. The summed E-state index contributed by atoms with van der Waals surface area (Å²) in [5.41, 5.74) is 0.859. The Hall–Kier alpha value is -2.52. The number of nitriles is 1. The minimum atomic E-state index is -0.834. The number of aliphatic carboxylic acids is 1. The summed E-state index contributed by atoms with van der Waals surface area (Å²) in [5, 5.41) is 21.7. The Balaban J connectivity index is 1.93. The molecule has 1 aromatic carbocycles. The predicted molar refractivity (Wildman–Crippen MR) is 88.9 cm³/mol. The molecule has 126 valence electrons. The van der Waals surface area contributed by atoms with E-state index in [1.807, 2.05) is 24.3 Å². The van der Waals surface area contributed by atoms with E-state index in [1.165, 1.54) is 11.1 Å². The Morgan fingerprint density at radius 3 is 2.62 bits per heavy atom. The van der Waals surface area contributed by atoms with Gasteiger partial charge in [0.15, 0.2) is 0 Å². The SMILES string of the molecule is N#C/C(=C/NCc1ccccc1Cl)C(=O)N1CCC(C(=O)O)CC1. The van der Waals surface area contributed by atoms with Crippen molar-refractivity contribution in [3.05, 3.63) is 46.6 Å². The molecule has 0 atom stereocenters. The molecule has 7 heteroatoms. The molecule has 0 saturated carbocycles. The van der Waals surface area contributed by atoms with Crippen LogP contribution in [0.2, 0.25) is 5.02 Å². The van der Waals surface area contributed by atoms with Gasteiger partial charge in [-0.05, 0) is 24.5 Å². The second-order valence-corrected chi connectivity index (χ2v) is 5.95. The van der Waals surface area contributed by atoms with Gasteiger partial charge in [-0.2, -0.15) is 5.26 Å². The molecule has 0 bridgehead atoms. The Morgan fingerprint density at radius 1 is 1.38 bits per heavy atom. The van der Waals surface area contributed by atoms with Crippen LogP contribution in [0.25, 0.3) is 0 Å². The lowest BCUT2D eigenvalue weighted by Gasteiger charge is -2.29. The molecule has 0 aromatic heterocycles. The molecule has 2 N–H and O–H groups in total. The summed E-state index contributed by atoms with van der Waals surface area (Å²) in [6.45, 7) is 1.10. The second-order valence-electron chi connectivity index (χ2n) is 5.55. The first kappa shape index (κ1) is 17.8. The van der Waals surface area contributed by atoms with Gasteiger partial charge in [0.05, 0.1) is 5.92 Å². The molecule has 6 nitrogen and oxygen atoms in total. The molecule has 1 heterocycles. The summed E-state index contributed by atoms with van der Waals surface area (Å²) >= 11 is 6.05. The van der Waals surface area contributed by atoms with Crippen LogP contribution in [-0.2, 0) is 16.1 Å². The van der Waals surface area contributed by atoms with Crippen molar-refractivity contribution in [1.29, 1.82) is 5.26 Å². The number of carbonyl (C=O) groups excluding carboxylic acids is 1. The first-order chi connectivity index (χ1) is 11.5. The number of benzene rings is 1. The second kappa shape index (κ2) is 8.37. The van der Waals surface area contributed by atoms with Crippen LogP contribution in [0, 0.1) is 17.2 Å². The number of carboxylic acids is 1. The van der Waals surface area contributed by atoms with Crippen LogP contribution in [-0.4, -0.2) is 35.0 Å². The number of halogens is 1. The van der Waals surface area contributed by atoms with Crippen LogP contribution in [0.4, 0.5) is 0 Å². The third kappa shape index (κ3) is 4.49.